The largest absolute Gasteiger partial charge is 0.543 e. The fraction of sp³-hybridized carbons (Fsp3) is 0.300. The molecule has 3 rings (SSSR count). The molecule has 0 spiro atoms. The van der Waals surface area contributed by atoms with E-state index in [4.69, 9.17) is 4.43 Å². The van der Waals surface area contributed by atoms with E-state index < -0.39 is 18.3 Å². The van der Waals surface area contributed by atoms with Gasteiger partial charge < -0.3 is 4.43 Å². The first-order chi connectivity index (χ1) is 12.0. The van der Waals surface area contributed by atoms with Gasteiger partial charge in [-0.15, -0.1) is 0 Å². The molecule has 4 nitrogen and oxygen atoms in total. The van der Waals surface area contributed by atoms with E-state index >= 15 is 0 Å². The van der Waals surface area contributed by atoms with Crippen molar-refractivity contribution in [3.63, 3.8) is 0 Å². The highest BCUT2D eigenvalue weighted by atomic mass is 32.2. The fourth-order valence-corrected chi connectivity index (χ4v) is 4.92. The average Bonchev–Trinajstić information content (AvgIpc) is 2.98. The molecule has 2 aromatic carbocycles. The van der Waals surface area contributed by atoms with Crippen molar-refractivity contribution in [1.29, 1.82) is 0 Å². The Kier molecular flexibility index (Phi) is 4.53. The quantitative estimate of drug-likeness (QED) is 0.574. The standard InChI is InChI=1S/C20H25NO3SSi/c1-20(2,3)26(4,5)24-17-11-12-19-16(15-17)13-14-21(19)25(22,23)18-9-7-6-8-10-18/h6-15H,1-5H3. The van der Waals surface area contributed by atoms with E-state index in [1.54, 1.807) is 36.5 Å². The Bertz CT molecular complexity index is 1030. The lowest BCUT2D eigenvalue weighted by molar-refractivity contribution is 0.493. The van der Waals surface area contributed by atoms with Crippen molar-refractivity contribution in [2.45, 2.75) is 43.8 Å². The Morgan fingerprint density at radius 1 is 0.962 bits per heavy atom. The van der Waals surface area contributed by atoms with Crippen LogP contribution in [-0.4, -0.2) is 20.7 Å². The summed E-state index contributed by atoms with van der Waals surface area (Å²) in [5, 5.41) is 0.950. The van der Waals surface area contributed by atoms with Crippen molar-refractivity contribution >= 4 is 29.2 Å². The van der Waals surface area contributed by atoms with Crippen LogP contribution in [0.25, 0.3) is 10.9 Å². The third kappa shape index (κ3) is 3.31. The van der Waals surface area contributed by atoms with Crippen LogP contribution in [0.3, 0.4) is 0 Å². The Morgan fingerprint density at radius 3 is 2.23 bits per heavy atom. The molecule has 0 fully saturated rings. The molecule has 1 heterocycles. The van der Waals surface area contributed by atoms with Crippen LogP contribution in [0, 0.1) is 0 Å². The van der Waals surface area contributed by atoms with Crippen LogP contribution in [0.1, 0.15) is 20.8 Å². The van der Waals surface area contributed by atoms with Gasteiger partial charge in [0.2, 0.25) is 8.32 Å². The lowest BCUT2D eigenvalue weighted by Gasteiger charge is -2.36. The van der Waals surface area contributed by atoms with E-state index in [1.165, 1.54) is 3.97 Å². The van der Waals surface area contributed by atoms with Gasteiger partial charge in [0.05, 0.1) is 10.4 Å². The van der Waals surface area contributed by atoms with Gasteiger partial charge in [-0.1, -0.05) is 39.0 Å². The molecule has 0 unspecified atom stereocenters. The summed E-state index contributed by atoms with van der Waals surface area (Å²) < 4.78 is 33.4. The third-order valence-corrected chi connectivity index (χ3v) is 11.2. The smallest absolute Gasteiger partial charge is 0.268 e. The van der Waals surface area contributed by atoms with Gasteiger partial charge in [-0.05, 0) is 54.5 Å². The van der Waals surface area contributed by atoms with E-state index in [1.807, 2.05) is 24.3 Å². The molecule has 0 N–H and O–H groups in total. The van der Waals surface area contributed by atoms with Crippen LogP contribution in [0.15, 0.2) is 65.7 Å². The summed E-state index contributed by atoms with van der Waals surface area (Å²) in [6, 6.07) is 15.9. The summed E-state index contributed by atoms with van der Waals surface area (Å²) in [7, 11) is -5.55. The normalized spacial score (nSPS) is 13.1. The van der Waals surface area contributed by atoms with Crippen molar-refractivity contribution in [3.8, 4) is 5.75 Å². The van der Waals surface area contributed by atoms with Crippen molar-refractivity contribution < 1.29 is 12.8 Å². The Hall–Kier alpha value is -2.05. The summed E-state index contributed by atoms with van der Waals surface area (Å²) in [4.78, 5) is 0.277. The number of hydrogen-bond acceptors (Lipinski definition) is 3. The highest BCUT2D eigenvalue weighted by molar-refractivity contribution is 7.90. The van der Waals surface area contributed by atoms with Crippen LogP contribution in [0.2, 0.25) is 18.1 Å². The highest BCUT2D eigenvalue weighted by Crippen LogP contribution is 2.38. The van der Waals surface area contributed by atoms with Gasteiger partial charge in [0, 0.05) is 11.6 Å². The maximum atomic E-state index is 12.9. The minimum Gasteiger partial charge on any atom is -0.543 e. The first-order valence-electron chi connectivity index (χ1n) is 8.63. The molecule has 0 bridgehead atoms. The number of hydrogen-bond donors (Lipinski definition) is 0. The van der Waals surface area contributed by atoms with Gasteiger partial charge in [0.15, 0.2) is 0 Å². The molecule has 6 heteroatoms. The molecular formula is C20H25NO3SSi. The second kappa shape index (κ2) is 6.28. The monoisotopic (exact) mass is 387 g/mol. The molecule has 1 aromatic heterocycles. The summed E-state index contributed by atoms with van der Waals surface area (Å²) >= 11 is 0. The molecule has 0 aliphatic heterocycles. The first kappa shape index (κ1) is 18.7. The van der Waals surface area contributed by atoms with Gasteiger partial charge in [-0.3, -0.25) is 0 Å². The Morgan fingerprint density at radius 2 is 1.62 bits per heavy atom. The zero-order chi connectivity index (χ0) is 19.2. The molecule has 0 amide bonds. The number of rotatable bonds is 4. The van der Waals surface area contributed by atoms with Crippen molar-refractivity contribution in [1.82, 2.24) is 3.97 Å². The number of aromatic nitrogens is 1. The molecule has 26 heavy (non-hydrogen) atoms. The lowest BCUT2D eigenvalue weighted by atomic mass is 10.2. The van der Waals surface area contributed by atoms with E-state index in [2.05, 4.69) is 33.9 Å². The second-order valence-electron chi connectivity index (χ2n) is 8.01. The topological polar surface area (TPSA) is 48.3 Å². The maximum absolute atomic E-state index is 12.9. The molecule has 138 valence electrons. The maximum Gasteiger partial charge on any atom is 0.268 e. The average molecular weight is 388 g/mol. The van der Waals surface area contributed by atoms with Crippen LogP contribution < -0.4 is 4.43 Å². The molecule has 0 saturated carbocycles. The summed E-state index contributed by atoms with van der Waals surface area (Å²) in [5.41, 5.74) is 0.649. The zero-order valence-electron chi connectivity index (χ0n) is 15.9. The van der Waals surface area contributed by atoms with Crippen LogP contribution in [-0.2, 0) is 10.0 Å². The number of benzene rings is 2. The first-order valence-corrected chi connectivity index (χ1v) is 13.0. The highest BCUT2D eigenvalue weighted by Gasteiger charge is 2.39. The molecule has 0 atom stereocenters. The molecule has 3 aromatic rings. The number of fused-ring (bicyclic) bond motifs is 1. The lowest BCUT2D eigenvalue weighted by Crippen LogP contribution is -2.43. The third-order valence-electron chi connectivity index (χ3n) is 5.11. The van der Waals surface area contributed by atoms with Gasteiger partial charge >= 0.3 is 0 Å². The van der Waals surface area contributed by atoms with Crippen molar-refractivity contribution in [3.05, 3.63) is 60.8 Å². The Labute approximate surface area is 156 Å². The predicted molar refractivity (Wildman–Crippen MR) is 109 cm³/mol. The SMILES string of the molecule is CC(C)(C)[Si](C)(C)Oc1ccc2c(ccn2S(=O)(=O)c2ccccc2)c1. The van der Waals surface area contributed by atoms with E-state index in [0.29, 0.717) is 5.52 Å². The minimum absolute atomic E-state index is 0.102. The Balaban J connectivity index is 2.01. The molecule has 0 aliphatic carbocycles. The van der Waals surface area contributed by atoms with Gasteiger partial charge in [0.25, 0.3) is 10.0 Å². The summed E-state index contributed by atoms with van der Waals surface area (Å²) in [6.07, 6.45) is 1.60. The molecule has 0 radical (unpaired) electrons. The van der Waals surface area contributed by atoms with E-state index in [-0.39, 0.29) is 9.93 Å². The van der Waals surface area contributed by atoms with Crippen molar-refractivity contribution in [2.75, 3.05) is 0 Å². The molecule has 0 saturated heterocycles. The second-order valence-corrected chi connectivity index (χ2v) is 14.6. The van der Waals surface area contributed by atoms with Gasteiger partial charge in [-0.25, -0.2) is 12.4 Å². The molecule has 0 aliphatic rings. The van der Waals surface area contributed by atoms with Gasteiger partial charge in [0.1, 0.15) is 5.75 Å². The zero-order valence-corrected chi connectivity index (χ0v) is 17.7. The fourth-order valence-electron chi connectivity index (χ4n) is 2.52. The predicted octanol–water partition coefficient (Wildman–Crippen LogP) is 5.26. The van der Waals surface area contributed by atoms with Crippen molar-refractivity contribution in [2.24, 2.45) is 0 Å². The summed E-state index contributed by atoms with van der Waals surface area (Å²) in [5.74, 6) is 0.791. The van der Waals surface area contributed by atoms with Crippen LogP contribution in [0.4, 0.5) is 0 Å². The van der Waals surface area contributed by atoms with Crippen LogP contribution >= 0.6 is 0 Å². The van der Waals surface area contributed by atoms with E-state index in [0.717, 1.165) is 11.1 Å². The van der Waals surface area contributed by atoms with E-state index in [9.17, 15) is 8.42 Å². The van der Waals surface area contributed by atoms with Crippen LogP contribution in [0.5, 0.6) is 5.75 Å². The van der Waals surface area contributed by atoms with Gasteiger partial charge in [-0.2, -0.15) is 0 Å². The molecular weight excluding hydrogens is 362 g/mol. The summed E-state index contributed by atoms with van der Waals surface area (Å²) in [6.45, 7) is 11.0. The minimum atomic E-state index is -3.61. The number of nitrogens with zero attached hydrogens (tertiary/aromatic N) is 1.